The van der Waals surface area contributed by atoms with Crippen molar-refractivity contribution in [3.63, 3.8) is 0 Å². The molecule has 3 rings (SSSR count). The number of hydrogen-bond acceptors (Lipinski definition) is 3. The van der Waals surface area contributed by atoms with Crippen LogP contribution < -0.4 is 15.4 Å². The van der Waals surface area contributed by atoms with Gasteiger partial charge in [-0.3, -0.25) is 9.59 Å². The Morgan fingerprint density at radius 3 is 2.12 bits per heavy atom. The highest BCUT2D eigenvalue weighted by Crippen LogP contribution is 2.47. The molecule has 0 unspecified atom stereocenters. The summed E-state index contributed by atoms with van der Waals surface area (Å²) in [4.78, 5) is 25.2. The Bertz CT molecular complexity index is 815. The van der Waals surface area contributed by atoms with Gasteiger partial charge in [0.15, 0.2) is 0 Å². The highest BCUT2D eigenvalue weighted by atomic mass is 35.5. The molecule has 7 heteroatoms. The highest BCUT2D eigenvalue weighted by Gasteiger charge is 2.56. The molecule has 1 aliphatic rings. The van der Waals surface area contributed by atoms with Crippen molar-refractivity contribution in [2.24, 2.45) is 5.41 Å². The summed E-state index contributed by atoms with van der Waals surface area (Å²) in [6, 6.07) is 11.7. The van der Waals surface area contributed by atoms with Gasteiger partial charge in [-0.1, -0.05) is 29.3 Å². The van der Waals surface area contributed by atoms with E-state index in [2.05, 4.69) is 10.6 Å². The number of methoxy groups -OCH3 is 1. The van der Waals surface area contributed by atoms with E-state index in [1.54, 1.807) is 49.6 Å². The maximum atomic E-state index is 12.6. The second kappa shape index (κ2) is 6.94. The van der Waals surface area contributed by atoms with Gasteiger partial charge in [0.2, 0.25) is 11.8 Å². The Labute approximate surface area is 155 Å². The summed E-state index contributed by atoms with van der Waals surface area (Å²) in [6.45, 7) is 0. The molecule has 1 saturated carbocycles. The number of carbonyl (C=O) groups is 2. The van der Waals surface area contributed by atoms with Crippen molar-refractivity contribution in [3.05, 3.63) is 52.5 Å². The smallest absolute Gasteiger partial charge is 0.240 e. The number of hydrogen-bond donors (Lipinski definition) is 2. The second-order valence-electron chi connectivity index (χ2n) is 5.88. The minimum Gasteiger partial charge on any atom is -0.497 e. The average molecular weight is 379 g/mol. The fraction of sp³-hybridized carbons (Fsp3) is 0.222. The topological polar surface area (TPSA) is 67.4 Å². The zero-order chi connectivity index (χ0) is 18.0. The number of carbonyl (C=O) groups excluding carboxylic acids is 2. The van der Waals surface area contributed by atoms with E-state index in [0.29, 0.717) is 40.0 Å². The summed E-state index contributed by atoms with van der Waals surface area (Å²) in [5.74, 6) is -0.0849. The first-order valence-corrected chi connectivity index (χ1v) is 8.42. The van der Waals surface area contributed by atoms with E-state index >= 15 is 0 Å². The molecular formula is C18H16Cl2N2O3. The Morgan fingerprint density at radius 1 is 0.960 bits per heavy atom. The molecule has 5 nitrogen and oxygen atoms in total. The molecule has 130 valence electrons. The van der Waals surface area contributed by atoms with Crippen molar-refractivity contribution < 1.29 is 14.3 Å². The standard InChI is InChI=1S/C18H16Cl2N2O3/c1-25-15-4-2-3-13(10-15)21-16(23)18(5-6-18)17(24)22-14-8-11(19)7-12(20)9-14/h2-4,7-10H,5-6H2,1H3,(H,21,23)(H,22,24). The molecule has 0 atom stereocenters. The van der Waals surface area contributed by atoms with Gasteiger partial charge < -0.3 is 15.4 Å². The van der Waals surface area contributed by atoms with Crippen LogP contribution in [0, 0.1) is 5.41 Å². The van der Waals surface area contributed by atoms with Gasteiger partial charge in [-0.15, -0.1) is 0 Å². The zero-order valence-corrected chi connectivity index (χ0v) is 14.9. The molecule has 2 aromatic rings. The summed E-state index contributed by atoms with van der Waals surface area (Å²) in [7, 11) is 1.55. The van der Waals surface area contributed by atoms with Crippen molar-refractivity contribution in [1.29, 1.82) is 0 Å². The molecule has 1 fully saturated rings. The van der Waals surface area contributed by atoms with Crippen LogP contribution >= 0.6 is 23.2 Å². The average Bonchev–Trinajstić information content (AvgIpc) is 3.36. The second-order valence-corrected chi connectivity index (χ2v) is 6.75. The first-order chi connectivity index (χ1) is 11.9. The van der Waals surface area contributed by atoms with Gasteiger partial charge in [0, 0.05) is 27.5 Å². The summed E-state index contributed by atoms with van der Waals surface area (Å²) >= 11 is 11.9. The minimum absolute atomic E-state index is 0.341. The number of nitrogens with one attached hydrogen (secondary N) is 2. The lowest BCUT2D eigenvalue weighted by molar-refractivity contribution is -0.131. The third-order valence-electron chi connectivity index (χ3n) is 4.07. The monoisotopic (exact) mass is 378 g/mol. The molecule has 0 aromatic heterocycles. The molecule has 1 aliphatic carbocycles. The molecule has 25 heavy (non-hydrogen) atoms. The van der Waals surface area contributed by atoms with E-state index in [9.17, 15) is 9.59 Å². The van der Waals surface area contributed by atoms with E-state index in [4.69, 9.17) is 27.9 Å². The Kier molecular flexibility index (Phi) is 4.88. The van der Waals surface area contributed by atoms with Gasteiger partial charge in [-0.05, 0) is 43.2 Å². The largest absolute Gasteiger partial charge is 0.497 e. The van der Waals surface area contributed by atoms with E-state index in [-0.39, 0.29) is 11.8 Å². The Morgan fingerprint density at radius 2 is 1.56 bits per heavy atom. The Balaban J connectivity index is 1.72. The predicted octanol–water partition coefficient (Wildman–Crippen LogP) is 4.36. The molecule has 2 N–H and O–H groups in total. The minimum atomic E-state index is -1.07. The normalized spacial score (nSPS) is 14.5. The first kappa shape index (κ1) is 17.6. The lowest BCUT2D eigenvalue weighted by Gasteiger charge is -2.16. The third kappa shape index (κ3) is 3.89. The SMILES string of the molecule is COc1cccc(NC(=O)C2(C(=O)Nc3cc(Cl)cc(Cl)c3)CC2)c1. The molecular weight excluding hydrogens is 363 g/mol. The van der Waals surface area contributed by atoms with Crippen LogP contribution in [0.4, 0.5) is 11.4 Å². The van der Waals surface area contributed by atoms with Gasteiger partial charge in [0.25, 0.3) is 0 Å². The van der Waals surface area contributed by atoms with E-state index in [1.807, 2.05) is 0 Å². The number of amides is 2. The van der Waals surface area contributed by atoms with Crippen LogP contribution in [0.5, 0.6) is 5.75 Å². The van der Waals surface area contributed by atoms with Crippen LogP contribution in [0.1, 0.15) is 12.8 Å². The fourth-order valence-electron chi connectivity index (χ4n) is 2.51. The number of halogens is 2. The molecule has 0 spiro atoms. The maximum absolute atomic E-state index is 12.6. The summed E-state index contributed by atoms with van der Waals surface area (Å²) in [5, 5.41) is 6.32. The van der Waals surface area contributed by atoms with Gasteiger partial charge in [-0.25, -0.2) is 0 Å². The van der Waals surface area contributed by atoms with Crippen molar-refractivity contribution in [2.45, 2.75) is 12.8 Å². The molecule has 2 aromatic carbocycles. The van der Waals surface area contributed by atoms with E-state index in [0.717, 1.165) is 0 Å². The van der Waals surface area contributed by atoms with E-state index in [1.165, 1.54) is 0 Å². The van der Waals surface area contributed by atoms with Crippen LogP contribution in [0.25, 0.3) is 0 Å². The predicted molar refractivity (Wildman–Crippen MR) is 98.4 cm³/mol. The van der Waals surface area contributed by atoms with Gasteiger partial charge in [-0.2, -0.15) is 0 Å². The number of benzene rings is 2. The first-order valence-electron chi connectivity index (χ1n) is 7.66. The third-order valence-corrected chi connectivity index (χ3v) is 4.50. The summed E-state index contributed by atoms with van der Waals surface area (Å²) < 4.78 is 5.13. The summed E-state index contributed by atoms with van der Waals surface area (Å²) in [6.07, 6.45) is 0.978. The summed E-state index contributed by atoms with van der Waals surface area (Å²) in [5.41, 5.74) is -0.0325. The van der Waals surface area contributed by atoms with Crippen LogP contribution in [-0.4, -0.2) is 18.9 Å². The van der Waals surface area contributed by atoms with Crippen LogP contribution in [0.15, 0.2) is 42.5 Å². The van der Waals surface area contributed by atoms with Crippen molar-refractivity contribution in [2.75, 3.05) is 17.7 Å². The maximum Gasteiger partial charge on any atom is 0.240 e. The van der Waals surface area contributed by atoms with Crippen LogP contribution in [-0.2, 0) is 9.59 Å². The lowest BCUT2D eigenvalue weighted by Crippen LogP contribution is -2.35. The van der Waals surface area contributed by atoms with Gasteiger partial charge in [0.05, 0.1) is 7.11 Å². The van der Waals surface area contributed by atoms with Crippen molar-refractivity contribution in [1.82, 2.24) is 0 Å². The number of rotatable bonds is 5. The molecule has 2 amide bonds. The van der Waals surface area contributed by atoms with Crippen molar-refractivity contribution >= 4 is 46.4 Å². The number of ether oxygens (including phenoxy) is 1. The molecule has 0 bridgehead atoms. The number of anilines is 2. The van der Waals surface area contributed by atoms with Crippen LogP contribution in [0.2, 0.25) is 10.0 Å². The quantitative estimate of drug-likeness (QED) is 0.759. The molecule has 0 heterocycles. The van der Waals surface area contributed by atoms with Crippen LogP contribution in [0.3, 0.4) is 0 Å². The van der Waals surface area contributed by atoms with Gasteiger partial charge in [0.1, 0.15) is 11.2 Å². The molecule has 0 aliphatic heterocycles. The lowest BCUT2D eigenvalue weighted by atomic mass is 10.0. The highest BCUT2D eigenvalue weighted by molar-refractivity contribution is 6.35. The van der Waals surface area contributed by atoms with E-state index < -0.39 is 5.41 Å². The zero-order valence-electron chi connectivity index (χ0n) is 13.4. The van der Waals surface area contributed by atoms with Crippen molar-refractivity contribution in [3.8, 4) is 5.75 Å². The fourth-order valence-corrected chi connectivity index (χ4v) is 3.04. The molecule has 0 saturated heterocycles. The Hall–Kier alpha value is -2.24. The van der Waals surface area contributed by atoms with Gasteiger partial charge >= 0.3 is 0 Å². The molecule has 0 radical (unpaired) electrons.